The van der Waals surface area contributed by atoms with E-state index in [9.17, 15) is 43.5 Å². The van der Waals surface area contributed by atoms with E-state index in [0.717, 1.165) is 0 Å². The summed E-state index contributed by atoms with van der Waals surface area (Å²) in [5.74, 6) is -7.27. The predicted octanol–water partition coefficient (Wildman–Crippen LogP) is 4.94. The van der Waals surface area contributed by atoms with Crippen LogP contribution in [0.5, 0.6) is 0 Å². The van der Waals surface area contributed by atoms with Crippen LogP contribution in [0.3, 0.4) is 0 Å². The van der Waals surface area contributed by atoms with E-state index in [1.165, 1.54) is 13.8 Å². The number of hydrogen-bond acceptors (Lipinski definition) is 18. The van der Waals surface area contributed by atoms with Crippen LogP contribution in [-0.2, 0) is 76.3 Å². The molecule has 2 N–H and O–H groups in total. The largest absolute Gasteiger partial charge is 0.502 e. The van der Waals surface area contributed by atoms with Gasteiger partial charge in [-0.15, -0.1) is 0 Å². The standard InChI is InChI=1S/C43H64O18/c1-30(2)40(50)59-27-24-56-36(46)19-13-8-7-12-18-35(45)39(49)34(43(53)58-22-16-9-11-17-32(5)54-23-26-61-42(52)33(6)44)29-38(48)55-21-15-10-14-20-37(47)57-25-28-60-41(51)31(3)4/h34,39,44,49H,1,3,5-29H2,2,4H3. The van der Waals surface area contributed by atoms with Crippen molar-refractivity contribution in [3.63, 3.8) is 0 Å². The van der Waals surface area contributed by atoms with Gasteiger partial charge in [-0.05, 0) is 71.8 Å². The molecule has 0 aliphatic heterocycles. The monoisotopic (exact) mass is 868 g/mol. The van der Waals surface area contributed by atoms with E-state index in [4.69, 9.17) is 43.0 Å². The normalized spacial score (nSPS) is 11.5. The molecule has 0 aromatic heterocycles. The van der Waals surface area contributed by atoms with E-state index >= 15 is 0 Å². The lowest BCUT2D eigenvalue weighted by Gasteiger charge is -2.20. The van der Waals surface area contributed by atoms with Crippen molar-refractivity contribution in [2.75, 3.05) is 52.9 Å². The summed E-state index contributed by atoms with van der Waals surface area (Å²) < 4.78 is 40.4. The Hall–Kier alpha value is -5.52. The lowest BCUT2D eigenvalue weighted by molar-refractivity contribution is -0.161. The highest BCUT2D eigenvalue weighted by Gasteiger charge is 2.35. The van der Waals surface area contributed by atoms with Crippen LogP contribution in [0.2, 0.25) is 0 Å². The lowest BCUT2D eigenvalue weighted by Crippen LogP contribution is -2.38. The van der Waals surface area contributed by atoms with Gasteiger partial charge in [-0.3, -0.25) is 24.0 Å². The molecule has 0 bridgehead atoms. The Morgan fingerprint density at radius 3 is 1.33 bits per heavy atom. The van der Waals surface area contributed by atoms with E-state index < -0.39 is 71.8 Å². The SMILES string of the molecule is C=C(CCCCCOC(=O)C(CC(=O)OCCCCCC(=O)OCCOC(=O)C(=C)C)C(O)C(=O)CCCCCCC(=O)OCCOC(=O)C(=C)C)OCCOC(=O)C(=C)O. The summed E-state index contributed by atoms with van der Waals surface area (Å²) in [5, 5.41) is 19.9. The third kappa shape index (κ3) is 30.2. The Kier molecular flexibility index (Phi) is 31.1. The molecular weight excluding hydrogens is 804 g/mol. The van der Waals surface area contributed by atoms with E-state index in [1.54, 1.807) is 0 Å². The molecule has 0 saturated heterocycles. The number of ether oxygens (including phenoxy) is 8. The van der Waals surface area contributed by atoms with Gasteiger partial charge in [0.15, 0.2) is 11.5 Å². The van der Waals surface area contributed by atoms with Crippen molar-refractivity contribution in [3.8, 4) is 0 Å². The van der Waals surface area contributed by atoms with Gasteiger partial charge in [-0.2, -0.15) is 0 Å². The Bertz CT molecular complexity index is 1480. The van der Waals surface area contributed by atoms with Gasteiger partial charge in [-0.25, -0.2) is 14.4 Å². The number of carbonyl (C=O) groups is 8. The maximum Gasteiger partial charge on any atom is 0.372 e. The molecule has 18 nitrogen and oxygen atoms in total. The number of Topliss-reactive ketones (excluding diaryl/α,β-unsaturated/α-hetero) is 1. The molecular formula is C43H64O18. The van der Waals surface area contributed by atoms with Gasteiger partial charge in [0, 0.05) is 36.8 Å². The number of aliphatic hydroxyl groups excluding tert-OH is 2. The van der Waals surface area contributed by atoms with E-state index in [0.29, 0.717) is 76.4 Å². The zero-order chi connectivity index (χ0) is 46.0. The number of allylic oxidation sites excluding steroid dienone is 1. The molecule has 2 unspecified atom stereocenters. The summed E-state index contributed by atoms with van der Waals surface area (Å²) in [6, 6.07) is 0. The van der Waals surface area contributed by atoms with Gasteiger partial charge < -0.3 is 48.1 Å². The van der Waals surface area contributed by atoms with Gasteiger partial charge in [0.05, 0.1) is 25.4 Å². The van der Waals surface area contributed by atoms with Gasteiger partial charge in [0.1, 0.15) is 51.7 Å². The second kappa shape index (κ2) is 34.2. The minimum absolute atomic E-state index is 0.0330. The van der Waals surface area contributed by atoms with E-state index in [-0.39, 0.29) is 83.3 Å². The second-order valence-electron chi connectivity index (χ2n) is 13.9. The fourth-order valence-corrected chi connectivity index (χ4v) is 4.92. The first-order chi connectivity index (χ1) is 29.0. The quantitative estimate of drug-likeness (QED) is 0.0276. The Labute approximate surface area is 357 Å². The maximum absolute atomic E-state index is 13.1. The molecule has 0 heterocycles. The molecule has 0 spiro atoms. The van der Waals surface area contributed by atoms with Crippen molar-refractivity contribution >= 4 is 47.6 Å². The first kappa shape index (κ1) is 55.5. The van der Waals surface area contributed by atoms with Gasteiger partial charge in [0.2, 0.25) is 0 Å². The molecule has 0 radical (unpaired) electrons. The minimum Gasteiger partial charge on any atom is -0.502 e. The smallest absolute Gasteiger partial charge is 0.372 e. The number of ketones is 1. The van der Waals surface area contributed by atoms with Crippen LogP contribution >= 0.6 is 0 Å². The number of aliphatic hydroxyl groups is 2. The van der Waals surface area contributed by atoms with Crippen LogP contribution < -0.4 is 0 Å². The molecule has 0 amide bonds. The first-order valence-corrected chi connectivity index (χ1v) is 20.3. The summed E-state index contributed by atoms with van der Waals surface area (Å²) in [6.07, 6.45) is 3.03. The fraction of sp³-hybridized carbons (Fsp3) is 0.628. The molecule has 0 aliphatic rings. The molecule has 0 saturated carbocycles. The molecule has 0 rings (SSSR count). The molecule has 61 heavy (non-hydrogen) atoms. The third-order valence-electron chi connectivity index (χ3n) is 8.30. The molecule has 0 fully saturated rings. The summed E-state index contributed by atoms with van der Waals surface area (Å²) in [5.41, 5.74) is 0.462. The topological polar surface area (TPSA) is 251 Å². The first-order valence-electron chi connectivity index (χ1n) is 20.3. The molecule has 2 atom stereocenters. The zero-order valence-electron chi connectivity index (χ0n) is 35.7. The van der Waals surface area contributed by atoms with Crippen LogP contribution in [0.15, 0.2) is 49.0 Å². The van der Waals surface area contributed by atoms with E-state index in [1.807, 2.05) is 0 Å². The number of esters is 7. The average molecular weight is 869 g/mol. The number of carbonyl (C=O) groups excluding carboxylic acids is 8. The molecule has 344 valence electrons. The van der Waals surface area contributed by atoms with Crippen LogP contribution in [0.4, 0.5) is 0 Å². The van der Waals surface area contributed by atoms with Crippen LogP contribution in [-0.4, -0.2) is 117 Å². The van der Waals surface area contributed by atoms with Gasteiger partial charge in [0.25, 0.3) is 0 Å². The van der Waals surface area contributed by atoms with Gasteiger partial charge in [-0.1, -0.05) is 32.6 Å². The van der Waals surface area contributed by atoms with Gasteiger partial charge >= 0.3 is 41.8 Å². The summed E-state index contributed by atoms with van der Waals surface area (Å²) >= 11 is 0. The van der Waals surface area contributed by atoms with Crippen LogP contribution in [0.25, 0.3) is 0 Å². The summed E-state index contributed by atoms with van der Waals surface area (Å²) in [4.78, 5) is 96.5. The Morgan fingerprint density at radius 2 is 0.836 bits per heavy atom. The van der Waals surface area contributed by atoms with Crippen molar-refractivity contribution in [1.82, 2.24) is 0 Å². The average Bonchev–Trinajstić information content (AvgIpc) is 3.21. The highest BCUT2D eigenvalue weighted by Crippen LogP contribution is 2.18. The van der Waals surface area contributed by atoms with Crippen molar-refractivity contribution in [2.24, 2.45) is 5.92 Å². The van der Waals surface area contributed by atoms with Crippen molar-refractivity contribution in [2.45, 2.75) is 116 Å². The number of hydrogen-bond donors (Lipinski definition) is 2. The second-order valence-corrected chi connectivity index (χ2v) is 13.9. The summed E-state index contributed by atoms with van der Waals surface area (Å²) in [6.45, 7) is 16.2. The molecule has 18 heteroatoms. The minimum atomic E-state index is -1.83. The summed E-state index contributed by atoms with van der Waals surface area (Å²) in [7, 11) is 0. The highest BCUT2D eigenvalue weighted by atomic mass is 16.6. The van der Waals surface area contributed by atoms with Crippen molar-refractivity contribution in [3.05, 3.63) is 49.0 Å². The molecule has 0 aromatic rings. The predicted molar refractivity (Wildman–Crippen MR) is 217 cm³/mol. The fourth-order valence-electron chi connectivity index (χ4n) is 4.92. The maximum atomic E-state index is 13.1. The molecule has 0 aliphatic carbocycles. The third-order valence-corrected chi connectivity index (χ3v) is 8.30. The highest BCUT2D eigenvalue weighted by molar-refractivity contribution is 5.91. The number of rotatable bonds is 37. The van der Waals surface area contributed by atoms with Crippen LogP contribution in [0.1, 0.15) is 110 Å². The van der Waals surface area contributed by atoms with Crippen molar-refractivity contribution < 1.29 is 86.5 Å². The molecule has 0 aromatic carbocycles. The Morgan fingerprint density at radius 1 is 0.443 bits per heavy atom. The zero-order valence-corrected chi connectivity index (χ0v) is 35.7. The van der Waals surface area contributed by atoms with Crippen LogP contribution in [0, 0.1) is 5.92 Å². The number of unbranched alkanes of at least 4 members (excludes halogenated alkanes) is 7. The Balaban J connectivity index is 4.83. The van der Waals surface area contributed by atoms with E-state index in [2.05, 4.69) is 26.3 Å². The van der Waals surface area contributed by atoms with Crippen molar-refractivity contribution in [1.29, 1.82) is 0 Å². The lowest BCUT2D eigenvalue weighted by atomic mass is 9.93.